The van der Waals surface area contributed by atoms with Crippen LogP contribution in [0.25, 0.3) is 0 Å². The maximum atomic E-state index is 11.7. The normalized spacial score (nSPS) is 24.1. The van der Waals surface area contributed by atoms with Gasteiger partial charge in [0.15, 0.2) is 6.10 Å². The Kier molecular flexibility index (Phi) is 13.3. The van der Waals surface area contributed by atoms with Crippen LogP contribution >= 0.6 is 46.9 Å². The zero-order valence-electron chi connectivity index (χ0n) is 16.9. The number of carbonyl (C=O) groups is 1. The molecule has 0 aromatic heterocycles. The van der Waals surface area contributed by atoms with Crippen LogP contribution in [0.15, 0.2) is 0 Å². The van der Waals surface area contributed by atoms with Crippen LogP contribution in [-0.4, -0.2) is 96.8 Å². The molecule has 0 aliphatic rings. The van der Waals surface area contributed by atoms with Gasteiger partial charge in [0.1, 0.15) is 18.3 Å². The lowest BCUT2D eigenvalue weighted by Gasteiger charge is -2.25. The highest BCUT2D eigenvalue weighted by molar-refractivity contribution is 7.72. The number of carbonyl (C=O) groups excluding carboxylic acids is 1. The fourth-order valence-electron chi connectivity index (χ4n) is 1.56. The van der Waals surface area contributed by atoms with Gasteiger partial charge >= 0.3 is 52.9 Å². The highest BCUT2D eigenvalue weighted by Crippen LogP contribution is 2.74. The fourth-order valence-corrected chi connectivity index (χ4v) is 8.83. The molecule has 0 aliphatic heterocycles. The number of hydrogen-bond donors (Lipinski definition) is 12. The Morgan fingerprint density at radius 1 is 0.568 bits per heavy atom. The predicted molar refractivity (Wildman–Crippen MR) is 104 cm³/mol. The standard InChI is InChI=1S/C6H18O25P6/c7-1-2(8)3(9)4(10)5(11)6(12)26-33(16,17)28-35(20,21)30-37(24,25)31-36(22,23)29-34(18,19)27-32(13,14)15/h2-5,7-11H,1H2,(H,16,17)(H,18,19)(H,20,21)(H,22,23)(H,24,25)(H2,13,14,15)/t2-,3-,4+,5-/m1/s1. The highest BCUT2D eigenvalue weighted by atomic mass is 31.3. The number of aliphatic hydroxyl groups excluding tert-OH is 5. The summed E-state index contributed by atoms with van der Waals surface area (Å²) in [5.74, 6) is -2.41. The Bertz CT molecular complexity index is 1090. The SMILES string of the molecule is O=C(OP(=O)(O)OP(=O)(O)OP(=O)(O)OP(=O)(O)OP(=O)(O)OP(=O)(O)O)[C@H](O)[C@@H](O)[C@H](O)[C@H](O)CO. The van der Waals surface area contributed by atoms with Crippen molar-refractivity contribution in [1.29, 1.82) is 0 Å². The van der Waals surface area contributed by atoms with E-state index in [2.05, 4.69) is 26.1 Å². The van der Waals surface area contributed by atoms with Crippen LogP contribution in [0.5, 0.6) is 0 Å². The van der Waals surface area contributed by atoms with E-state index in [1.807, 2.05) is 0 Å². The van der Waals surface area contributed by atoms with Crippen LogP contribution in [-0.2, 0) is 58.3 Å². The molecule has 0 spiro atoms. The van der Waals surface area contributed by atoms with Crippen molar-refractivity contribution in [3.05, 3.63) is 0 Å². The number of rotatable bonds is 16. The second kappa shape index (κ2) is 13.2. The van der Waals surface area contributed by atoms with Crippen LogP contribution in [0.4, 0.5) is 0 Å². The molecule has 222 valence electrons. The molecule has 31 heteroatoms. The van der Waals surface area contributed by atoms with Gasteiger partial charge in [-0.3, -0.25) is 4.89 Å². The zero-order valence-corrected chi connectivity index (χ0v) is 22.2. The summed E-state index contributed by atoms with van der Waals surface area (Å²) in [6.45, 7) is -1.21. The second-order valence-electron chi connectivity index (χ2n) is 5.83. The molecule has 0 bridgehead atoms. The summed E-state index contributed by atoms with van der Waals surface area (Å²) in [5, 5.41) is 45.9. The zero-order chi connectivity index (χ0) is 29.8. The van der Waals surface area contributed by atoms with Gasteiger partial charge in [-0.2, -0.15) is 21.6 Å². The molecule has 0 aromatic rings. The van der Waals surface area contributed by atoms with Crippen molar-refractivity contribution in [3.8, 4) is 0 Å². The average Bonchev–Trinajstić information content (AvgIpc) is 2.58. The lowest BCUT2D eigenvalue weighted by molar-refractivity contribution is -0.162. The number of phosphoric ester groups is 1. The van der Waals surface area contributed by atoms with Gasteiger partial charge in [-0.1, -0.05) is 0 Å². The van der Waals surface area contributed by atoms with E-state index in [0.29, 0.717) is 0 Å². The van der Waals surface area contributed by atoms with Crippen molar-refractivity contribution >= 4 is 52.9 Å². The third-order valence-corrected chi connectivity index (χ3v) is 11.4. The minimum atomic E-state index is -6.56. The first kappa shape index (κ1) is 37.2. The third kappa shape index (κ3) is 14.9. The lowest BCUT2D eigenvalue weighted by atomic mass is 10.0. The molecule has 5 unspecified atom stereocenters. The van der Waals surface area contributed by atoms with E-state index in [1.54, 1.807) is 0 Å². The van der Waals surface area contributed by atoms with Crippen LogP contribution in [0, 0.1) is 0 Å². The largest absolute Gasteiger partial charge is 0.538 e. The monoisotopic (exact) mass is 676 g/mol. The van der Waals surface area contributed by atoms with Gasteiger partial charge in [-0.15, -0.1) is 0 Å². The average molecular weight is 676 g/mol. The van der Waals surface area contributed by atoms with E-state index in [4.69, 9.17) is 29.8 Å². The smallest absolute Gasteiger partial charge is 0.394 e. The van der Waals surface area contributed by atoms with Gasteiger partial charge in [0.2, 0.25) is 0 Å². The third-order valence-electron chi connectivity index (χ3n) is 2.74. The van der Waals surface area contributed by atoms with Gasteiger partial charge in [-0.25, -0.2) is 32.2 Å². The number of phosphoric acid groups is 6. The van der Waals surface area contributed by atoms with Gasteiger partial charge in [0, 0.05) is 0 Å². The molecular weight excluding hydrogens is 658 g/mol. The first-order valence-electron chi connectivity index (χ1n) is 7.96. The van der Waals surface area contributed by atoms with Gasteiger partial charge in [0.25, 0.3) is 0 Å². The van der Waals surface area contributed by atoms with Crippen LogP contribution < -0.4 is 0 Å². The van der Waals surface area contributed by atoms with Crippen molar-refractivity contribution in [2.75, 3.05) is 6.61 Å². The van der Waals surface area contributed by atoms with Crippen molar-refractivity contribution in [2.24, 2.45) is 0 Å². The Morgan fingerprint density at radius 3 is 1.22 bits per heavy atom. The molecule has 37 heavy (non-hydrogen) atoms. The van der Waals surface area contributed by atoms with Gasteiger partial charge in [-0.05, 0) is 0 Å². The molecule has 0 saturated carbocycles. The van der Waals surface area contributed by atoms with Crippen molar-refractivity contribution in [1.82, 2.24) is 0 Å². The Balaban J connectivity index is 5.39. The summed E-state index contributed by atoms with van der Waals surface area (Å²) in [7, 11) is -38.0. The summed E-state index contributed by atoms with van der Waals surface area (Å²) in [6, 6.07) is 0. The van der Waals surface area contributed by atoms with E-state index >= 15 is 0 Å². The van der Waals surface area contributed by atoms with Gasteiger partial charge < -0.3 is 59.4 Å². The summed E-state index contributed by atoms with van der Waals surface area (Å²) in [6.07, 6.45) is -10.3. The van der Waals surface area contributed by atoms with E-state index < -0.39 is 83.9 Å². The van der Waals surface area contributed by atoms with Crippen molar-refractivity contribution < 1.29 is 118 Å². The van der Waals surface area contributed by atoms with E-state index in [-0.39, 0.29) is 0 Å². The summed E-state index contributed by atoms with van der Waals surface area (Å²) >= 11 is 0. The van der Waals surface area contributed by atoms with Crippen molar-refractivity contribution in [2.45, 2.75) is 24.4 Å². The second-order valence-corrected chi connectivity index (χ2v) is 14.9. The molecule has 0 aliphatic carbocycles. The number of hydrogen-bond acceptors (Lipinski definition) is 18. The van der Waals surface area contributed by atoms with Crippen LogP contribution in [0.3, 0.4) is 0 Å². The van der Waals surface area contributed by atoms with Crippen LogP contribution in [0.1, 0.15) is 0 Å². The molecule has 25 nitrogen and oxygen atoms in total. The van der Waals surface area contributed by atoms with Crippen molar-refractivity contribution in [3.63, 3.8) is 0 Å². The Hall–Kier alpha value is 0.170. The molecule has 0 amide bonds. The molecule has 0 aromatic carbocycles. The van der Waals surface area contributed by atoms with E-state index in [0.717, 1.165) is 0 Å². The minimum absolute atomic E-state index is 1.21. The summed E-state index contributed by atoms with van der Waals surface area (Å²) in [4.78, 5) is 73.9. The van der Waals surface area contributed by atoms with E-state index in [9.17, 15) is 62.2 Å². The predicted octanol–water partition coefficient (Wildman–Crippen LogP) is -3.36. The maximum Gasteiger partial charge on any atom is 0.538 e. The Morgan fingerprint density at radius 2 is 0.892 bits per heavy atom. The summed E-state index contributed by atoms with van der Waals surface area (Å²) < 4.78 is 87.5. The van der Waals surface area contributed by atoms with E-state index in [1.165, 1.54) is 0 Å². The minimum Gasteiger partial charge on any atom is -0.394 e. The first-order chi connectivity index (χ1) is 16.1. The Labute approximate surface area is 202 Å². The molecule has 0 heterocycles. The molecule has 12 N–H and O–H groups in total. The van der Waals surface area contributed by atoms with Gasteiger partial charge in [0.05, 0.1) is 6.61 Å². The first-order valence-corrected chi connectivity index (χ1v) is 17.0. The molecule has 0 radical (unpaired) electrons. The summed E-state index contributed by atoms with van der Waals surface area (Å²) in [5.41, 5.74) is 0. The topological polar surface area (TPSA) is 418 Å². The molecular formula is C6H18O25P6. The molecule has 0 rings (SSSR count). The molecule has 9 atom stereocenters. The molecule has 0 fully saturated rings. The fraction of sp³-hybridized carbons (Fsp3) is 0.833. The number of aliphatic hydroxyl groups is 5. The quantitative estimate of drug-likeness (QED) is 0.0710. The highest BCUT2D eigenvalue weighted by Gasteiger charge is 2.50. The molecule has 0 saturated heterocycles. The maximum absolute atomic E-state index is 11.7. The lowest BCUT2D eigenvalue weighted by Crippen LogP contribution is -2.49. The van der Waals surface area contributed by atoms with Crippen LogP contribution in [0.2, 0.25) is 0 Å².